The van der Waals surface area contributed by atoms with E-state index >= 15 is 0 Å². The van der Waals surface area contributed by atoms with E-state index < -0.39 is 5.76 Å². The summed E-state index contributed by atoms with van der Waals surface area (Å²) in [7, 11) is 0. The summed E-state index contributed by atoms with van der Waals surface area (Å²) in [5.74, 6) is -2.62. The summed E-state index contributed by atoms with van der Waals surface area (Å²) in [6, 6.07) is 13.8. The second-order valence-corrected chi connectivity index (χ2v) is 6.10. The molecule has 23 heavy (non-hydrogen) atoms. The number of anilines is 1. The zero-order valence-corrected chi connectivity index (χ0v) is 13.6. The number of hydrogen-bond acceptors (Lipinski definition) is 3. The normalized spacial score (nSPS) is 10.6. The molecule has 0 aliphatic carbocycles. The van der Waals surface area contributed by atoms with Crippen LogP contribution in [0.2, 0.25) is 5.02 Å². The van der Waals surface area contributed by atoms with Crippen LogP contribution in [0.5, 0.6) is 0 Å². The van der Waals surface area contributed by atoms with E-state index in [-0.39, 0.29) is 12.5 Å². The molecule has 0 saturated heterocycles. The largest absolute Gasteiger partial charge is 0.376 e. The van der Waals surface area contributed by atoms with Crippen molar-refractivity contribution in [3.05, 3.63) is 59.1 Å². The van der Waals surface area contributed by atoms with Crippen LogP contribution in [-0.4, -0.2) is 18.2 Å². The van der Waals surface area contributed by atoms with Crippen molar-refractivity contribution in [3.63, 3.8) is 0 Å². The van der Waals surface area contributed by atoms with Gasteiger partial charge in [0.1, 0.15) is 0 Å². The Morgan fingerprint density at radius 1 is 1.13 bits per heavy atom. The second kappa shape index (κ2) is 8.74. The summed E-state index contributed by atoms with van der Waals surface area (Å²) >= 11 is 6.49. The number of halogens is 3. The lowest BCUT2D eigenvalue weighted by molar-refractivity contribution is -0.119. The first-order valence-corrected chi connectivity index (χ1v) is 8.09. The number of amides is 1. The highest BCUT2D eigenvalue weighted by molar-refractivity contribution is 7.99. The third-order valence-corrected chi connectivity index (χ3v) is 4.06. The van der Waals surface area contributed by atoms with Crippen molar-refractivity contribution < 1.29 is 13.6 Å². The Morgan fingerprint density at radius 3 is 2.48 bits per heavy atom. The average Bonchev–Trinajstić information content (AvgIpc) is 2.53. The molecular weight excluding hydrogens is 342 g/mol. The fourth-order valence-electron chi connectivity index (χ4n) is 1.83. The van der Waals surface area contributed by atoms with Crippen LogP contribution in [0.15, 0.2) is 53.4 Å². The minimum Gasteiger partial charge on any atom is -0.376 e. The highest BCUT2D eigenvalue weighted by Crippen LogP contribution is 2.26. The van der Waals surface area contributed by atoms with Gasteiger partial charge in [0.15, 0.2) is 0 Å². The molecule has 3 nitrogen and oxygen atoms in total. The number of nitrogens with one attached hydrogen (secondary N) is 2. The fourth-order valence-corrected chi connectivity index (χ4v) is 2.54. The van der Waals surface area contributed by atoms with Crippen LogP contribution in [0.1, 0.15) is 5.56 Å². The highest BCUT2D eigenvalue weighted by Gasteiger charge is 2.06. The number of alkyl halides is 2. The minimum absolute atomic E-state index is 0.0891. The van der Waals surface area contributed by atoms with E-state index in [0.29, 0.717) is 33.9 Å². The molecule has 2 N–H and O–H groups in total. The van der Waals surface area contributed by atoms with Gasteiger partial charge in [0, 0.05) is 22.2 Å². The summed E-state index contributed by atoms with van der Waals surface area (Å²) in [4.78, 5) is 12.3. The van der Waals surface area contributed by atoms with E-state index in [1.807, 2.05) is 18.2 Å². The summed E-state index contributed by atoms with van der Waals surface area (Å²) in [5, 5.41) is 6.30. The first-order chi connectivity index (χ1) is 11.0. The Hall–Kier alpha value is -1.79. The molecule has 0 aliphatic heterocycles. The van der Waals surface area contributed by atoms with Crippen LogP contribution in [-0.2, 0) is 11.3 Å². The van der Waals surface area contributed by atoms with Crippen LogP contribution >= 0.6 is 23.4 Å². The molecule has 0 fully saturated rings. The topological polar surface area (TPSA) is 41.1 Å². The molecule has 0 bridgehead atoms. The van der Waals surface area contributed by atoms with Gasteiger partial charge in [0.05, 0.1) is 6.54 Å². The predicted molar refractivity (Wildman–Crippen MR) is 90.1 cm³/mol. The summed E-state index contributed by atoms with van der Waals surface area (Å²) in [5.41, 5.74) is 1.53. The quantitative estimate of drug-likeness (QED) is 0.723. The number of hydrogen-bond donors (Lipinski definition) is 2. The van der Waals surface area contributed by atoms with Gasteiger partial charge in [0.2, 0.25) is 5.91 Å². The van der Waals surface area contributed by atoms with Crippen molar-refractivity contribution in [1.29, 1.82) is 0 Å². The molecule has 0 saturated carbocycles. The zero-order chi connectivity index (χ0) is 16.7. The molecule has 2 rings (SSSR count). The first kappa shape index (κ1) is 17.6. The van der Waals surface area contributed by atoms with Gasteiger partial charge >= 0.3 is 0 Å². The molecule has 0 radical (unpaired) electrons. The van der Waals surface area contributed by atoms with E-state index in [1.54, 1.807) is 30.3 Å². The molecule has 0 aromatic heterocycles. The Kier molecular flexibility index (Phi) is 6.67. The molecule has 0 atom stereocenters. The third-order valence-electron chi connectivity index (χ3n) is 2.97. The van der Waals surface area contributed by atoms with Gasteiger partial charge in [-0.15, -0.1) is 0 Å². The predicted octanol–water partition coefficient (Wildman–Crippen LogP) is 4.38. The number of benzene rings is 2. The maximum Gasteiger partial charge on any atom is 0.288 e. The van der Waals surface area contributed by atoms with Crippen LogP contribution < -0.4 is 10.6 Å². The molecule has 2 aromatic rings. The summed E-state index contributed by atoms with van der Waals surface area (Å²) in [6.45, 7) is 0.440. The van der Waals surface area contributed by atoms with Crippen LogP contribution in [0, 0.1) is 0 Å². The molecule has 0 heterocycles. The molecule has 7 heteroatoms. The smallest absolute Gasteiger partial charge is 0.288 e. The van der Waals surface area contributed by atoms with Crippen molar-refractivity contribution >= 4 is 35.0 Å². The van der Waals surface area contributed by atoms with E-state index in [1.165, 1.54) is 0 Å². The highest BCUT2D eigenvalue weighted by atomic mass is 35.5. The first-order valence-electron chi connectivity index (χ1n) is 6.83. The number of carbonyl (C=O) groups is 1. The van der Waals surface area contributed by atoms with Crippen molar-refractivity contribution in [1.82, 2.24) is 5.32 Å². The summed E-state index contributed by atoms with van der Waals surface area (Å²) in [6.07, 6.45) is 0. The van der Waals surface area contributed by atoms with Gasteiger partial charge in [-0.05, 0) is 35.9 Å². The Bertz CT molecular complexity index is 653. The van der Waals surface area contributed by atoms with Crippen LogP contribution in [0.3, 0.4) is 0 Å². The monoisotopic (exact) mass is 356 g/mol. The molecule has 0 aliphatic rings. The third kappa shape index (κ3) is 6.08. The van der Waals surface area contributed by atoms with Gasteiger partial charge in [-0.3, -0.25) is 4.79 Å². The minimum atomic E-state index is -2.44. The van der Waals surface area contributed by atoms with E-state index in [0.717, 1.165) is 5.56 Å². The van der Waals surface area contributed by atoms with Gasteiger partial charge in [-0.25, -0.2) is 0 Å². The average molecular weight is 357 g/mol. The molecule has 0 spiro atoms. The van der Waals surface area contributed by atoms with Gasteiger partial charge in [-0.1, -0.05) is 41.6 Å². The van der Waals surface area contributed by atoms with Gasteiger partial charge < -0.3 is 10.6 Å². The van der Waals surface area contributed by atoms with Crippen molar-refractivity contribution in [3.8, 4) is 0 Å². The van der Waals surface area contributed by atoms with E-state index in [2.05, 4.69) is 10.6 Å². The van der Waals surface area contributed by atoms with Crippen molar-refractivity contribution in [2.24, 2.45) is 0 Å². The Morgan fingerprint density at radius 2 is 1.83 bits per heavy atom. The maximum atomic E-state index is 12.2. The van der Waals surface area contributed by atoms with E-state index in [9.17, 15) is 13.6 Å². The molecule has 2 aromatic carbocycles. The standard InChI is InChI=1S/C16H15ClF2N2OS/c17-14-4-2-1-3-11(14)9-21-15(22)10-20-12-5-7-13(8-6-12)23-16(18)19/h1-8,16,20H,9-10H2,(H,21,22). The summed E-state index contributed by atoms with van der Waals surface area (Å²) < 4.78 is 24.4. The van der Waals surface area contributed by atoms with Gasteiger partial charge in [0.25, 0.3) is 5.76 Å². The number of thioether (sulfide) groups is 1. The Labute approximate surface area is 142 Å². The van der Waals surface area contributed by atoms with Crippen LogP contribution in [0.25, 0.3) is 0 Å². The van der Waals surface area contributed by atoms with E-state index in [4.69, 9.17) is 11.6 Å². The van der Waals surface area contributed by atoms with Crippen molar-refractivity contribution in [2.75, 3.05) is 11.9 Å². The van der Waals surface area contributed by atoms with Crippen molar-refractivity contribution in [2.45, 2.75) is 17.2 Å². The molecule has 122 valence electrons. The van der Waals surface area contributed by atoms with Crippen LogP contribution in [0.4, 0.5) is 14.5 Å². The zero-order valence-electron chi connectivity index (χ0n) is 12.1. The lowest BCUT2D eigenvalue weighted by Crippen LogP contribution is -2.29. The van der Waals surface area contributed by atoms with Gasteiger partial charge in [-0.2, -0.15) is 8.78 Å². The maximum absolute atomic E-state index is 12.2. The fraction of sp³-hybridized carbons (Fsp3) is 0.188. The second-order valence-electron chi connectivity index (χ2n) is 4.62. The Balaban J connectivity index is 1.77. The SMILES string of the molecule is O=C(CNc1ccc(SC(F)F)cc1)NCc1ccccc1Cl. The lowest BCUT2D eigenvalue weighted by Gasteiger charge is -2.09. The number of rotatable bonds is 7. The molecule has 1 amide bonds. The molecule has 0 unspecified atom stereocenters. The lowest BCUT2D eigenvalue weighted by atomic mass is 10.2. The number of carbonyl (C=O) groups excluding carboxylic acids is 1. The molecular formula is C16H15ClF2N2OS.